The van der Waals surface area contributed by atoms with Crippen molar-refractivity contribution >= 4 is 10.0 Å². The van der Waals surface area contributed by atoms with Crippen LogP contribution in [0.4, 0.5) is 4.39 Å². The van der Waals surface area contributed by atoms with Crippen molar-refractivity contribution in [3.63, 3.8) is 0 Å². The number of nitrogens with zero attached hydrogens (tertiary/aromatic N) is 1. The van der Waals surface area contributed by atoms with Crippen LogP contribution in [0.15, 0.2) is 59.5 Å². The number of halogens is 1. The van der Waals surface area contributed by atoms with Crippen LogP contribution in [0, 0.1) is 5.82 Å². The van der Waals surface area contributed by atoms with Crippen LogP contribution >= 0.6 is 0 Å². The summed E-state index contributed by atoms with van der Waals surface area (Å²) in [5.41, 5.74) is 0.715. The molecule has 0 unspecified atom stereocenters. The maximum absolute atomic E-state index is 13.4. The maximum atomic E-state index is 13.4. The summed E-state index contributed by atoms with van der Waals surface area (Å²) in [5, 5.41) is 0. The number of hydrogen-bond donors (Lipinski definition) is 0. The Bertz CT molecular complexity index is 731. The van der Waals surface area contributed by atoms with Gasteiger partial charge in [-0.1, -0.05) is 30.3 Å². The van der Waals surface area contributed by atoms with E-state index in [4.69, 9.17) is 0 Å². The molecule has 1 atom stereocenters. The van der Waals surface area contributed by atoms with Gasteiger partial charge in [-0.2, -0.15) is 4.31 Å². The van der Waals surface area contributed by atoms with Gasteiger partial charge in [-0.15, -0.1) is 0 Å². The van der Waals surface area contributed by atoms with Crippen molar-refractivity contribution in [1.29, 1.82) is 0 Å². The van der Waals surface area contributed by atoms with E-state index < -0.39 is 10.0 Å². The molecule has 1 heterocycles. The first-order valence-electron chi connectivity index (χ1n) is 6.91. The minimum Gasteiger partial charge on any atom is -0.207 e. The standard InChI is InChI=1S/C16H16FNO2S/c17-14-7-4-6-13(12-14)16-10-5-11-18(16)21(19,20)15-8-2-1-3-9-15/h1-4,6-9,12,16H,5,10-11H2/t16-/m0/s1. The van der Waals surface area contributed by atoms with Crippen LogP contribution in [0.25, 0.3) is 0 Å². The Morgan fingerprint density at radius 1 is 1.05 bits per heavy atom. The van der Waals surface area contributed by atoms with Gasteiger partial charge in [-0.05, 0) is 42.7 Å². The fourth-order valence-electron chi connectivity index (χ4n) is 2.80. The monoisotopic (exact) mass is 305 g/mol. The highest BCUT2D eigenvalue weighted by Crippen LogP contribution is 2.36. The van der Waals surface area contributed by atoms with E-state index in [1.165, 1.54) is 16.4 Å². The molecule has 0 N–H and O–H groups in total. The van der Waals surface area contributed by atoms with Crippen LogP contribution < -0.4 is 0 Å². The number of benzene rings is 2. The Morgan fingerprint density at radius 2 is 1.81 bits per heavy atom. The van der Waals surface area contributed by atoms with Crippen molar-refractivity contribution in [2.75, 3.05) is 6.54 Å². The molecule has 3 rings (SSSR count). The van der Waals surface area contributed by atoms with Crippen molar-refractivity contribution in [3.8, 4) is 0 Å². The fraction of sp³-hybridized carbons (Fsp3) is 0.250. The smallest absolute Gasteiger partial charge is 0.207 e. The first-order chi connectivity index (χ1) is 10.1. The first kappa shape index (κ1) is 14.2. The summed E-state index contributed by atoms with van der Waals surface area (Å²) < 4.78 is 40.4. The summed E-state index contributed by atoms with van der Waals surface area (Å²) in [6, 6.07) is 14.3. The third-order valence-corrected chi connectivity index (χ3v) is 5.71. The molecule has 0 aromatic heterocycles. The molecule has 1 aliphatic rings. The van der Waals surface area contributed by atoms with Gasteiger partial charge < -0.3 is 0 Å². The van der Waals surface area contributed by atoms with Crippen LogP contribution in [-0.2, 0) is 10.0 Å². The van der Waals surface area contributed by atoms with Crippen molar-refractivity contribution in [2.45, 2.75) is 23.8 Å². The Labute approximate surface area is 124 Å². The summed E-state index contributed by atoms with van der Waals surface area (Å²) in [6.45, 7) is 0.471. The third-order valence-electron chi connectivity index (χ3n) is 3.79. The summed E-state index contributed by atoms with van der Waals surface area (Å²) in [5.74, 6) is -0.337. The Balaban J connectivity index is 1.98. The molecule has 0 saturated carbocycles. The average Bonchev–Trinajstić information content (AvgIpc) is 2.98. The molecule has 21 heavy (non-hydrogen) atoms. The predicted octanol–water partition coefficient (Wildman–Crippen LogP) is 3.35. The second-order valence-corrected chi connectivity index (χ2v) is 7.03. The lowest BCUT2D eigenvalue weighted by molar-refractivity contribution is 0.395. The van der Waals surface area contributed by atoms with E-state index in [1.54, 1.807) is 42.5 Å². The normalized spacial score (nSPS) is 19.8. The molecule has 5 heteroatoms. The molecule has 0 bridgehead atoms. The van der Waals surface area contributed by atoms with E-state index in [1.807, 2.05) is 0 Å². The highest BCUT2D eigenvalue weighted by atomic mass is 32.2. The highest BCUT2D eigenvalue weighted by Gasteiger charge is 2.36. The van der Waals surface area contributed by atoms with Gasteiger partial charge in [0.1, 0.15) is 5.82 Å². The van der Waals surface area contributed by atoms with E-state index in [2.05, 4.69) is 0 Å². The first-order valence-corrected chi connectivity index (χ1v) is 8.35. The molecule has 0 spiro atoms. The molecule has 0 radical (unpaired) electrons. The summed E-state index contributed by atoms with van der Waals surface area (Å²) in [7, 11) is -3.54. The van der Waals surface area contributed by atoms with Gasteiger partial charge in [0.05, 0.1) is 10.9 Å². The highest BCUT2D eigenvalue weighted by molar-refractivity contribution is 7.89. The van der Waals surface area contributed by atoms with E-state index in [0.717, 1.165) is 12.8 Å². The second kappa shape index (κ2) is 5.58. The van der Waals surface area contributed by atoms with E-state index in [0.29, 0.717) is 12.1 Å². The molecular weight excluding hydrogens is 289 g/mol. The van der Waals surface area contributed by atoms with E-state index in [-0.39, 0.29) is 16.8 Å². The summed E-state index contributed by atoms with van der Waals surface area (Å²) in [6.07, 6.45) is 1.50. The van der Waals surface area contributed by atoms with Crippen molar-refractivity contribution in [1.82, 2.24) is 4.31 Å². The van der Waals surface area contributed by atoms with Crippen LogP contribution in [0.1, 0.15) is 24.4 Å². The van der Waals surface area contributed by atoms with Crippen LogP contribution in [0.3, 0.4) is 0 Å². The maximum Gasteiger partial charge on any atom is 0.243 e. The van der Waals surface area contributed by atoms with E-state index in [9.17, 15) is 12.8 Å². The molecule has 2 aromatic rings. The lowest BCUT2D eigenvalue weighted by atomic mass is 10.1. The molecule has 0 amide bonds. The molecule has 1 aliphatic heterocycles. The van der Waals surface area contributed by atoms with Crippen LogP contribution in [-0.4, -0.2) is 19.3 Å². The minimum atomic E-state index is -3.54. The zero-order valence-corrected chi connectivity index (χ0v) is 12.3. The second-order valence-electron chi connectivity index (χ2n) is 5.14. The van der Waals surface area contributed by atoms with Gasteiger partial charge >= 0.3 is 0 Å². The summed E-state index contributed by atoms with van der Waals surface area (Å²) in [4.78, 5) is 0.285. The van der Waals surface area contributed by atoms with Gasteiger partial charge in [0.2, 0.25) is 10.0 Å². The number of hydrogen-bond acceptors (Lipinski definition) is 2. The summed E-state index contributed by atoms with van der Waals surface area (Å²) >= 11 is 0. The number of rotatable bonds is 3. The van der Waals surface area contributed by atoms with Crippen molar-refractivity contribution < 1.29 is 12.8 Å². The van der Waals surface area contributed by atoms with Gasteiger partial charge in [-0.3, -0.25) is 0 Å². The van der Waals surface area contributed by atoms with Gasteiger partial charge in [-0.25, -0.2) is 12.8 Å². The van der Waals surface area contributed by atoms with Gasteiger partial charge in [0.15, 0.2) is 0 Å². The molecule has 1 saturated heterocycles. The SMILES string of the molecule is O=S(=O)(c1ccccc1)N1CCC[C@H]1c1cccc(F)c1. The van der Waals surface area contributed by atoms with Crippen molar-refractivity contribution in [3.05, 3.63) is 66.0 Å². The molecule has 0 aliphatic carbocycles. The zero-order valence-electron chi connectivity index (χ0n) is 11.4. The van der Waals surface area contributed by atoms with Gasteiger partial charge in [0, 0.05) is 6.54 Å². The zero-order chi connectivity index (χ0) is 14.9. The number of sulfonamides is 1. The van der Waals surface area contributed by atoms with E-state index >= 15 is 0 Å². The molecule has 3 nitrogen and oxygen atoms in total. The fourth-order valence-corrected chi connectivity index (χ4v) is 4.51. The average molecular weight is 305 g/mol. The Hall–Kier alpha value is -1.72. The molecule has 1 fully saturated rings. The lowest BCUT2D eigenvalue weighted by Crippen LogP contribution is -2.30. The largest absolute Gasteiger partial charge is 0.243 e. The third kappa shape index (κ3) is 2.71. The predicted molar refractivity (Wildman–Crippen MR) is 78.7 cm³/mol. The quantitative estimate of drug-likeness (QED) is 0.872. The molecular formula is C16H16FNO2S. The molecule has 110 valence electrons. The minimum absolute atomic E-state index is 0.285. The Morgan fingerprint density at radius 3 is 2.52 bits per heavy atom. The van der Waals surface area contributed by atoms with Crippen LogP contribution in [0.5, 0.6) is 0 Å². The Kier molecular flexibility index (Phi) is 3.78. The van der Waals surface area contributed by atoms with Crippen molar-refractivity contribution in [2.24, 2.45) is 0 Å². The topological polar surface area (TPSA) is 37.4 Å². The lowest BCUT2D eigenvalue weighted by Gasteiger charge is -2.24. The van der Waals surface area contributed by atoms with Gasteiger partial charge in [0.25, 0.3) is 0 Å². The molecule has 2 aromatic carbocycles. The van der Waals surface area contributed by atoms with Crippen LogP contribution in [0.2, 0.25) is 0 Å².